The van der Waals surface area contributed by atoms with Crippen molar-refractivity contribution in [2.24, 2.45) is 0 Å². The normalized spacial score (nSPS) is 10.8. The van der Waals surface area contributed by atoms with Crippen LogP contribution in [0.5, 0.6) is 0 Å². The van der Waals surface area contributed by atoms with Crippen LogP contribution >= 0.6 is 0 Å². The second-order valence-corrected chi connectivity index (χ2v) is 6.27. The SMILES string of the molecule is CCOC(=O)c1cccnc1NCc1cccc(-c2cn3ccccc3n2)c1. The molecule has 3 aromatic heterocycles. The van der Waals surface area contributed by atoms with Crippen molar-refractivity contribution in [2.45, 2.75) is 13.5 Å². The minimum atomic E-state index is -0.378. The number of nitrogens with one attached hydrogen (secondary N) is 1. The van der Waals surface area contributed by atoms with E-state index >= 15 is 0 Å². The van der Waals surface area contributed by atoms with Crippen LogP contribution in [0.4, 0.5) is 5.82 Å². The summed E-state index contributed by atoms with van der Waals surface area (Å²) in [5, 5.41) is 3.24. The first kappa shape index (κ1) is 17.7. The van der Waals surface area contributed by atoms with Gasteiger partial charge in [-0.3, -0.25) is 0 Å². The third-order valence-electron chi connectivity index (χ3n) is 4.35. The number of esters is 1. The number of imidazole rings is 1. The number of carbonyl (C=O) groups excluding carboxylic acids is 1. The first-order valence-corrected chi connectivity index (χ1v) is 9.13. The number of hydrogen-bond acceptors (Lipinski definition) is 5. The fourth-order valence-electron chi connectivity index (χ4n) is 3.02. The van der Waals surface area contributed by atoms with E-state index in [4.69, 9.17) is 4.74 Å². The Morgan fingerprint density at radius 3 is 2.93 bits per heavy atom. The Morgan fingerprint density at radius 2 is 2.07 bits per heavy atom. The molecule has 4 rings (SSSR count). The van der Waals surface area contributed by atoms with Crippen LogP contribution in [0.25, 0.3) is 16.9 Å². The number of carbonyl (C=O) groups is 1. The Labute approximate surface area is 162 Å². The maximum absolute atomic E-state index is 12.1. The average Bonchev–Trinajstić information content (AvgIpc) is 3.17. The molecule has 0 aliphatic heterocycles. The zero-order valence-electron chi connectivity index (χ0n) is 15.5. The smallest absolute Gasteiger partial charge is 0.341 e. The first-order valence-electron chi connectivity index (χ1n) is 9.13. The largest absolute Gasteiger partial charge is 0.462 e. The van der Waals surface area contributed by atoms with Crippen LogP contribution in [0, 0.1) is 0 Å². The van der Waals surface area contributed by atoms with Gasteiger partial charge in [-0.15, -0.1) is 0 Å². The summed E-state index contributed by atoms with van der Waals surface area (Å²) in [6.07, 6.45) is 5.65. The second kappa shape index (κ2) is 7.92. The lowest BCUT2D eigenvalue weighted by molar-refractivity contribution is 0.0527. The molecule has 28 heavy (non-hydrogen) atoms. The monoisotopic (exact) mass is 372 g/mol. The van der Waals surface area contributed by atoms with Crippen LogP contribution < -0.4 is 5.32 Å². The molecule has 140 valence electrons. The molecule has 6 nitrogen and oxygen atoms in total. The molecule has 1 N–H and O–H groups in total. The summed E-state index contributed by atoms with van der Waals surface area (Å²) in [6, 6.07) is 17.5. The van der Waals surface area contributed by atoms with Crippen molar-refractivity contribution < 1.29 is 9.53 Å². The molecule has 0 atom stereocenters. The molecule has 0 unspecified atom stereocenters. The number of fused-ring (bicyclic) bond motifs is 1. The molecule has 3 heterocycles. The summed E-state index contributed by atoms with van der Waals surface area (Å²) in [4.78, 5) is 21.0. The van der Waals surface area contributed by atoms with Gasteiger partial charge in [-0.25, -0.2) is 14.8 Å². The van der Waals surface area contributed by atoms with Crippen LogP contribution in [-0.2, 0) is 11.3 Å². The fourth-order valence-corrected chi connectivity index (χ4v) is 3.02. The van der Waals surface area contributed by atoms with Gasteiger partial charge in [0.1, 0.15) is 17.0 Å². The van der Waals surface area contributed by atoms with Crippen LogP contribution in [0.3, 0.4) is 0 Å². The Hall–Kier alpha value is -3.67. The lowest BCUT2D eigenvalue weighted by Gasteiger charge is -2.10. The van der Waals surface area contributed by atoms with E-state index < -0.39 is 0 Å². The van der Waals surface area contributed by atoms with Gasteiger partial charge in [0.15, 0.2) is 0 Å². The van der Waals surface area contributed by atoms with E-state index in [1.54, 1.807) is 25.3 Å². The number of ether oxygens (including phenoxy) is 1. The quantitative estimate of drug-likeness (QED) is 0.514. The molecule has 0 aliphatic rings. The van der Waals surface area contributed by atoms with E-state index in [1.165, 1.54) is 0 Å². The van der Waals surface area contributed by atoms with Gasteiger partial charge < -0.3 is 14.5 Å². The Morgan fingerprint density at radius 1 is 1.14 bits per heavy atom. The summed E-state index contributed by atoms with van der Waals surface area (Å²) in [7, 11) is 0. The van der Waals surface area contributed by atoms with Crippen LogP contribution in [0.1, 0.15) is 22.8 Å². The molecule has 0 amide bonds. The Kier molecular flexibility index (Phi) is 5.01. The number of nitrogens with zero attached hydrogens (tertiary/aromatic N) is 3. The highest BCUT2D eigenvalue weighted by Gasteiger charge is 2.13. The van der Waals surface area contributed by atoms with Gasteiger partial charge in [0, 0.05) is 30.7 Å². The second-order valence-electron chi connectivity index (χ2n) is 6.27. The standard InChI is InChI=1S/C22H20N4O2/c1-2-28-22(27)18-9-6-11-23-21(18)24-14-16-7-5-8-17(13-16)19-15-26-12-4-3-10-20(26)25-19/h3-13,15H,2,14H2,1H3,(H,23,24). The molecule has 0 aliphatic carbocycles. The number of rotatable bonds is 6. The molecule has 0 radical (unpaired) electrons. The zero-order chi connectivity index (χ0) is 19.3. The number of anilines is 1. The van der Waals surface area contributed by atoms with Crippen molar-refractivity contribution in [1.29, 1.82) is 0 Å². The summed E-state index contributed by atoms with van der Waals surface area (Å²) in [5.74, 6) is 0.135. The summed E-state index contributed by atoms with van der Waals surface area (Å²) >= 11 is 0. The number of benzene rings is 1. The highest BCUT2D eigenvalue weighted by Crippen LogP contribution is 2.21. The summed E-state index contributed by atoms with van der Waals surface area (Å²) in [5.41, 5.74) is 4.36. The van der Waals surface area contributed by atoms with E-state index in [2.05, 4.69) is 21.4 Å². The predicted octanol–water partition coefficient (Wildman–Crippen LogP) is 4.19. The van der Waals surface area contributed by atoms with Gasteiger partial charge in [0.2, 0.25) is 0 Å². The lowest BCUT2D eigenvalue weighted by Crippen LogP contribution is -2.11. The van der Waals surface area contributed by atoms with E-state index in [-0.39, 0.29) is 5.97 Å². The van der Waals surface area contributed by atoms with E-state index in [9.17, 15) is 4.79 Å². The molecular weight excluding hydrogens is 352 g/mol. The van der Waals surface area contributed by atoms with Crippen molar-refractivity contribution in [2.75, 3.05) is 11.9 Å². The summed E-state index contributed by atoms with van der Waals surface area (Å²) in [6.45, 7) is 2.64. The minimum Gasteiger partial charge on any atom is -0.462 e. The van der Waals surface area contributed by atoms with Gasteiger partial charge in [-0.1, -0.05) is 24.3 Å². The Bertz CT molecular complexity index is 1090. The summed E-state index contributed by atoms with van der Waals surface area (Å²) < 4.78 is 7.10. The molecule has 0 bridgehead atoms. The predicted molar refractivity (Wildman–Crippen MR) is 108 cm³/mol. The van der Waals surface area contributed by atoms with Gasteiger partial charge in [0.05, 0.1) is 12.3 Å². The van der Waals surface area contributed by atoms with E-state index in [0.29, 0.717) is 24.5 Å². The fraction of sp³-hybridized carbons (Fsp3) is 0.136. The molecule has 4 aromatic rings. The molecule has 1 aromatic carbocycles. The first-order chi connectivity index (χ1) is 13.7. The number of pyridine rings is 2. The lowest BCUT2D eigenvalue weighted by atomic mass is 10.1. The maximum atomic E-state index is 12.1. The molecular formula is C22H20N4O2. The van der Waals surface area contributed by atoms with Crippen molar-refractivity contribution >= 4 is 17.4 Å². The van der Waals surface area contributed by atoms with E-state index in [0.717, 1.165) is 22.5 Å². The van der Waals surface area contributed by atoms with Crippen molar-refractivity contribution in [1.82, 2.24) is 14.4 Å². The van der Waals surface area contributed by atoms with E-state index in [1.807, 2.05) is 53.2 Å². The highest BCUT2D eigenvalue weighted by atomic mass is 16.5. The van der Waals surface area contributed by atoms with Gasteiger partial charge in [-0.2, -0.15) is 0 Å². The van der Waals surface area contributed by atoms with Gasteiger partial charge >= 0.3 is 5.97 Å². The molecule has 6 heteroatoms. The van der Waals surface area contributed by atoms with Crippen molar-refractivity contribution in [3.63, 3.8) is 0 Å². The zero-order valence-corrected chi connectivity index (χ0v) is 15.5. The molecule has 0 saturated heterocycles. The minimum absolute atomic E-state index is 0.328. The van der Waals surface area contributed by atoms with Gasteiger partial charge in [0.25, 0.3) is 0 Å². The topological polar surface area (TPSA) is 68.5 Å². The Balaban J connectivity index is 1.54. The van der Waals surface area contributed by atoms with Gasteiger partial charge in [-0.05, 0) is 42.8 Å². The van der Waals surface area contributed by atoms with Crippen LogP contribution in [0.15, 0.2) is 73.2 Å². The third kappa shape index (κ3) is 3.71. The molecule has 0 fully saturated rings. The molecule has 0 saturated carbocycles. The number of hydrogen-bond donors (Lipinski definition) is 1. The molecule has 0 spiro atoms. The highest BCUT2D eigenvalue weighted by molar-refractivity contribution is 5.94. The third-order valence-corrected chi connectivity index (χ3v) is 4.35. The van der Waals surface area contributed by atoms with Crippen LogP contribution in [-0.4, -0.2) is 26.9 Å². The van der Waals surface area contributed by atoms with Crippen LogP contribution in [0.2, 0.25) is 0 Å². The number of aromatic nitrogens is 3. The average molecular weight is 372 g/mol. The van der Waals surface area contributed by atoms with Crippen molar-refractivity contribution in [3.8, 4) is 11.3 Å². The maximum Gasteiger partial charge on any atom is 0.341 e. The van der Waals surface area contributed by atoms with Crippen molar-refractivity contribution in [3.05, 3.63) is 84.3 Å².